The minimum absolute atomic E-state index is 0.169. The molecule has 2 aromatic rings. The van der Waals surface area contributed by atoms with E-state index in [0.717, 1.165) is 11.1 Å². The average molecular weight is 386 g/mol. The number of amides is 1. The van der Waals surface area contributed by atoms with Crippen molar-refractivity contribution in [3.05, 3.63) is 76.8 Å². The average Bonchev–Trinajstić information content (AvgIpc) is 2.70. The molecule has 27 heavy (non-hydrogen) atoms. The first-order valence-electron chi connectivity index (χ1n) is 8.79. The van der Waals surface area contributed by atoms with Crippen LogP contribution in [0.4, 0.5) is 0 Å². The van der Waals surface area contributed by atoms with Gasteiger partial charge in [-0.25, -0.2) is 0 Å². The van der Waals surface area contributed by atoms with Crippen molar-refractivity contribution in [2.75, 3.05) is 13.7 Å². The van der Waals surface area contributed by atoms with Gasteiger partial charge in [-0.2, -0.15) is 0 Å². The Balaban J connectivity index is 2.23. The third kappa shape index (κ3) is 5.97. The first-order chi connectivity index (χ1) is 12.9. The van der Waals surface area contributed by atoms with E-state index in [1.54, 1.807) is 30.0 Å². The minimum atomic E-state index is -0.422. The van der Waals surface area contributed by atoms with Crippen LogP contribution in [0, 0.1) is 5.92 Å². The van der Waals surface area contributed by atoms with E-state index in [9.17, 15) is 9.59 Å². The molecule has 0 aliphatic heterocycles. The Labute approximate surface area is 165 Å². The van der Waals surface area contributed by atoms with E-state index in [4.69, 9.17) is 16.3 Å². The van der Waals surface area contributed by atoms with Crippen molar-refractivity contribution in [2.24, 2.45) is 5.92 Å². The van der Waals surface area contributed by atoms with Crippen molar-refractivity contribution in [2.45, 2.75) is 19.9 Å². The van der Waals surface area contributed by atoms with E-state index in [-0.39, 0.29) is 24.5 Å². The molecule has 1 amide bonds. The topological polar surface area (TPSA) is 46.6 Å². The minimum Gasteiger partial charge on any atom is -0.469 e. The molecule has 0 saturated heterocycles. The Morgan fingerprint density at radius 1 is 1.07 bits per heavy atom. The van der Waals surface area contributed by atoms with Gasteiger partial charge in [-0.15, -0.1) is 0 Å². The summed E-state index contributed by atoms with van der Waals surface area (Å²) in [5.74, 6) is -0.930. The standard InChI is InChI=1S/C22H24ClNO3/c1-16(22(26)27-3)15-24(17(2)19-7-5-4-6-8-19)21(25)14-11-18-9-12-20(23)13-10-18/h4-14,16-17H,15H2,1-3H3/b14-11+. The van der Waals surface area contributed by atoms with Crippen LogP contribution in [0.2, 0.25) is 5.02 Å². The lowest BCUT2D eigenvalue weighted by molar-refractivity contribution is -0.146. The molecule has 0 aliphatic carbocycles. The van der Waals surface area contributed by atoms with Crippen molar-refractivity contribution in [3.8, 4) is 0 Å². The van der Waals surface area contributed by atoms with Crippen LogP contribution in [0.25, 0.3) is 6.08 Å². The Morgan fingerprint density at radius 3 is 2.30 bits per heavy atom. The van der Waals surface area contributed by atoms with Gasteiger partial charge in [0.25, 0.3) is 0 Å². The van der Waals surface area contributed by atoms with Crippen LogP contribution >= 0.6 is 11.6 Å². The summed E-state index contributed by atoms with van der Waals surface area (Å²) in [5, 5.41) is 0.643. The van der Waals surface area contributed by atoms with Crippen LogP contribution in [-0.2, 0) is 14.3 Å². The van der Waals surface area contributed by atoms with Crippen LogP contribution in [0.5, 0.6) is 0 Å². The van der Waals surface area contributed by atoms with Crippen molar-refractivity contribution in [3.63, 3.8) is 0 Å². The molecule has 0 radical (unpaired) electrons. The van der Waals surface area contributed by atoms with Crippen molar-refractivity contribution >= 4 is 29.6 Å². The molecule has 0 aliphatic rings. The second kappa shape index (κ2) is 9.93. The molecule has 2 atom stereocenters. The van der Waals surface area contributed by atoms with Crippen molar-refractivity contribution < 1.29 is 14.3 Å². The Morgan fingerprint density at radius 2 is 1.70 bits per heavy atom. The van der Waals surface area contributed by atoms with Gasteiger partial charge in [0.15, 0.2) is 0 Å². The summed E-state index contributed by atoms with van der Waals surface area (Å²) < 4.78 is 4.81. The second-order valence-electron chi connectivity index (χ2n) is 6.39. The highest BCUT2D eigenvalue weighted by molar-refractivity contribution is 6.30. The predicted molar refractivity (Wildman–Crippen MR) is 108 cm³/mol. The molecule has 4 nitrogen and oxygen atoms in total. The van der Waals surface area contributed by atoms with Gasteiger partial charge < -0.3 is 9.64 Å². The summed E-state index contributed by atoms with van der Waals surface area (Å²) >= 11 is 5.89. The van der Waals surface area contributed by atoms with E-state index in [1.165, 1.54) is 13.2 Å². The molecule has 0 spiro atoms. The van der Waals surface area contributed by atoms with Crippen LogP contribution in [0.3, 0.4) is 0 Å². The molecule has 0 heterocycles. The van der Waals surface area contributed by atoms with Crippen LogP contribution in [0.1, 0.15) is 31.0 Å². The summed E-state index contributed by atoms with van der Waals surface area (Å²) in [4.78, 5) is 26.4. The highest BCUT2D eigenvalue weighted by atomic mass is 35.5. The number of hydrogen-bond donors (Lipinski definition) is 0. The van der Waals surface area contributed by atoms with E-state index in [1.807, 2.05) is 49.4 Å². The summed E-state index contributed by atoms with van der Waals surface area (Å²) in [5.41, 5.74) is 1.88. The number of hydrogen-bond acceptors (Lipinski definition) is 3. The third-order valence-corrected chi connectivity index (χ3v) is 4.65. The Kier molecular flexibility index (Phi) is 7.62. The fourth-order valence-corrected chi connectivity index (χ4v) is 2.88. The summed E-state index contributed by atoms with van der Waals surface area (Å²) in [6.45, 7) is 3.98. The van der Waals surface area contributed by atoms with Gasteiger partial charge in [0.2, 0.25) is 5.91 Å². The lowest BCUT2D eigenvalue weighted by Crippen LogP contribution is -2.38. The molecular formula is C22H24ClNO3. The number of rotatable bonds is 7. The van der Waals surface area contributed by atoms with Crippen LogP contribution in [0.15, 0.2) is 60.7 Å². The number of ether oxygens (including phenoxy) is 1. The second-order valence-corrected chi connectivity index (χ2v) is 6.82. The lowest BCUT2D eigenvalue weighted by Gasteiger charge is -2.30. The van der Waals surface area contributed by atoms with Gasteiger partial charge in [-0.1, -0.05) is 61.0 Å². The molecule has 2 aromatic carbocycles. The monoisotopic (exact) mass is 385 g/mol. The maximum absolute atomic E-state index is 12.9. The van der Waals surface area contributed by atoms with Crippen LogP contribution in [-0.4, -0.2) is 30.4 Å². The molecular weight excluding hydrogens is 362 g/mol. The molecule has 0 saturated carbocycles. The zero-order valence-corrected chi connectivity index (χ0v) is 16.5. The number of benzene rings is 2. The van der Waals surface area contributed by atoms with E-state index < -0.39 is 5.92 Å². The smallest absolute Gasteiger partial charge is 0.310 e. The van der Waals surface area contributed by atoms with E-state index in [2.05, 4.69) is 0 Å². The van der Waals surface area contributed by atoms with Crippen molar-refractivity contribution in [1.82, 2.24) is 4.90 Å². The highest BCUT2D eigenvalue weighted by Gasteiger charge is 2.25. The van der Waals surface area contributed by atoms with Crippen molar-refractivity contribution in [1.29, 1.82) is 0 Å². The Hall–Kier alpha value is -2.59. The summed E-state index contributed by atoms with van der Waals surface area (Å²) in [6.07, 6.45) is 3.26. The highest BCUT2D eigenvalue weighted by Crippen LogP contribution is 2.22. The van der Waals surface area contributed by atoms with Crippen LogP contribution < -0.4 is 0 Å². The normalized spacial score (nSPS) is 13.2. The van der Waals surface area contributed by atoms with E-state index >= 15 is 0 Å². The van der Waals surface area contributed by atoms with Gasteiger partial charge in [0, 0.05) is 17.6 Å². The third-order valence-electron chi connectivity index (χ3n) is 4.40. The molecule has 0 aromatic heterocycles. The molecule has 142 valence electrons. The molecule has 0 N–H and O–H groups in total. The molecule has 0 bridgehead atoms. The quantitative estimate of drug-likeness (QED) is 0.510. The number of carbonyl (C=O) groups excluding carboxylic acids is 2. The number of nitrogens with zero attached hydrogens (tertiary/aromatic N) is 1. The lowest BCUT2D eigenvalue weighted by atomic mass is 10.0. The number of esters is 1. The number of carbonyl (C=O) groups is 2. The zero-order valence-electron chi connectivity index (χ0n) is 15.8. The fraction of sp³-hybridized carbons (Fsp3) is 0.273. The first-order valence-corrected chi connectivity index (χ1v) is 9.17. The predicted octanol–water partition coefficient (Wildman–Crippen LogP) is 4.75. The maximum Gasteiger partial charge on any atom is 0.310 e. The molecule has 5 heteroatoms. The van der Waals surface area contributed by atoms with Gasteiger partial charge in [-0.3, -0.25) is 9.59 Å². The van der Waals surface area contributed by atoms with Gasteiger partial charge >= 0.3 is 5.97 Å². The molecule has 0 fully saturated rings. The van der Waals surface area contributed by atoms with Gasteiger partial charge in [0.05, 0.1) is 19.1 Å². The number of halogens is 1. The zero-order chi connectivity index (χ0) is 19.8. The first kappa shape index (κ1) is 20.7. The largest absolute Gasteiger partial charge is 0.469 e. The van der Waals surface area contributed by atoms with Gasteiger partial charge in [0.1, 0.15) is 0 Å². The summed E-state index contributed by atoms with van der Waals surface area (Å²) in [7, 11) is 1.35. The van der Waals surface area contributed by atoms with Gasteiger partial charge in [-0.05, 0) is 36.3 Å². The summed E-state index contributed by atoms with van der Waals surface area (Å²) in [6, 6.07) is 16.8. The fourth-order valence-electron chi connectivity index (χ4n) is 2.76. The van der Waals surface area contributed by atoms with E-state index in [0.29, 0.717) is 5.02 Å². The Bertz CT molecular complexity index is 787. The number of methoxy groups -OCH3 is 1. The molecule has 2 unspecified atom stereocenters. The SMILES string of the molecule is COC(=O)C(C)CN(C(=O)/C=C/c1ccc(Cl)cc1)C(C)c1ccccc1. The maximum atomic E-state index is 12.9. The molecule has 2 rings (SSSR count).